The highest BCUT2D eigenvalue weighted by Crippen LogP contribution is 2.52. The van der Waals surface area contributed by atoms with Gasteiger partial charge >= 0.3 is 0 Å². The van der Waals surface area contributed by atoms with Crippen molar-refractivity contribution >= 4 is 29.1 Å². The number of rotatable bonds is 4. The first-order valence-corrected chi connectivity index (χ1v) is 11.0. The van der Waals surface area contributed by atoms with E-state index in [1.54, 1.807) is 6.07 Å². The van der Waals surface area contributed by atoms with Crippen LogP contribution in [0.3, 0.4) is 0 Å². The number of benzene rings is 1. The van der Waals surface area contributed by atoms with Crippen molar-refractivity contribution in [2.24, 2.45) is 17.6 Å². The largest absolute Gasteiger partial charge is 0.508 e. The fourth-order valence-electron chi connectivity index (χ4n) is 5.50. The molecular weight excluding hydrogens is 444 g/mol. The molecule has 0 aliphatic heterocycles. The molecule has 2 amide bonds. The van der Waals surface area contributed by atoms with Crippen LogP contribution in [-0.4, -0.2) is 49.4 Å². The number of carbonyl (C=O) groups excluding carboxylic acids is 4. The maximum absolute atomic E-state index is 13.5. The smallest absolute Gasteiger partial charge is 0.255 e. The molecule has 0 bridgehead atoms. The van der Waals surface area contributed by atoms with Gasteiger partial charge < -0.3 is 31.5 Å². The molecule has 1 saturated carbocycles. The Morgan fingerprint density at radius 3 is 2.44 bits per heavy atom. The van der Waals surface area contributed by atoms with Crippen LogP contribution in [0.4, 0.5) is 0 Å². The topological polar surface area (TPSA) is 187 Å². The molecule has 0 radical (unpaired) electrons. The normalized spacial score (nSPS) is 26.1. The van der Waals surface area contributed by atoms with E-state index in [0.29, 0.717) is 17.5 Å². The minimum atomic E-state index is -2.59. The predicted molar refractivity (Wildman–Crippen MR) is 118 cm³/mol. The van der Waals surface area contributed by atoms with Gasteiger partial charge in [0.25, 0.3) is 5.91 Å². The number of phenolic OH excluding ortho intramolecular Hbond substituents is 1. The number of aryl methyl sites for hydroxylation is 1. The van der Waals surface area contributed by atoms with Gasteiger partial charge in [-0.05, 0) is 36.3 Å². The number of fused-ring (bicyclic) bond motifs is 3. The van der Waals surface area contributed by atoms with Crippen LogP contribution in [0.2, 0.25) is 0 Å². The average Bonchev–Trinajstić information content (AvgIpc) is 2.75. The van der Waals surface area contributed by atoms with E-state index in [1.165, 1.54) is 6.92 Å². The van der Waals surface area contributed by atoms with Crippen LogP contribution in [0.15, 0.2) is 23.0 Å². The number of carbonyl (C=O) groups is 4. The molecule has 0 heterocycles. The molecule has 1 fully saturated rings. The SMILES string of the molecule is CCc1cc(CNC(C)=O)c(O)c2c1C[C@H]1C[C@H]3CC(=O)C(C(N)=O)=C(O)[C@@]3(O)C(=O)C1=C2O. The lowest BCUT2D eigenvalue weighted by Crippen LogP contribution is -2.58. The molecule has 0 saturated heterocycles. The van der Waals surface area contributed by atoms with Crippen molar-refractivity contribution in [2.75, 3.05) is 0 Å². The molecule has 7 N–H and O–H groups in total. The molecule has 1 aromatic rings. The van der Waals surface area contributed by atoms with Crippen LogP contribution in [0, 0.1) is 11.8 Å². The van der Waals surface area contributed by atoms with E-state index in [1.807, 2.05) is 6.92 Å². The van der Waals surface area contributed by atoms with E-state index in [0.717, 1.165) is 5.56 Å². The van der Waals surface area contributed by atoms with Crippen molar-refractivity contribution in [3.63, 3.8) is 0 Å². The summed E-state index contributed by atoms with van der Waals surface area (Å²) in [6, 6.07) is 1.74. The van der Waals surface area contributed by atoms with Crippen molar-refractivity contribution in [3.8, 4) is 5.75 Å². The Morgan fingerprint density at radius 1 is 1.18 bits per heavy atom. The zero-order chi connectivity index (χ0) is 25.1. The number of aliphatic hydroxyl groups is 3. The van der Waals surface area contributed by atoms with Crippen molar-refractivity contribution in [2.45, 2.75) is 51.7 Å². The fraction of sp³-hybridized carbons (Fsp3) is 0.417. The second-order valence-corrected chi connectivity index (χ2v) is 9.07. The first-order valence-electron chi connectivity index (χ1n) is 11.0. The number of Topliss-reactive ketones (excluding diaryl/α,β-unsaturated/α-hetero) is 2. The van der Waals surface area contributed by atoms with Crippen LogP contribution >= 0.6 is 0 Å². The fourth-order valence-corrected chi connectivity index (χ4v) is 5.50. The summed E-state index contributed by atoms with van der Waals surface area (Å²) in [4.78, 5) is 49.0. The summed E-state index contributed by atoms with van der Waals surface area (Å²) in [6.07, 6.45) is 0.534. The van der Waals surface area contributed by atoms with Crippen LogP contribution in [-0.2, 0) is 38.6 Å². The minimum absolute atomic E-state index is 0.00105. The molecule has 10 nitrogen and oxygen atoms in total. The zero-order valence-electron chi connectivity index (χ0n) is 18.8. The van der Waals surface area contributed by atoms with Gasteiger partial charge in [-0.3, -0.25) is 19.2 Å². The van der Waals surface area contributed by atoms with E-state index in [4.69, 9.17) is 5.73 Å². The maximum Gasteiger partial charge on any atom is 0.255 e. The third kappa shape index (κ3) is 3.20. The number of primary amides is 1. The van der Waals surface area contributed by atoms with E-state index < -0.39 is 52.0 Å². The van der Waals surface area contributed by atoms with Gasteiger partial charge in [0.15, 0.2) is 11.4 Å². The number of hydrogen-bond acceptors (Lipinski definition) is 8. The van der Waals surface area contributed by atoms with Crippen molar-refractivity contribution in [3.05, 3.63) is 45.2 Å². The molecule has 10 heteroatoms. The Kier molecular flexibility index (Phi) is 5.52. The first-order chi connectivity index (χ1) is 15.9. The van der Waals surface area contributed by atoms with E-state index in [9.17, 15) is 39.6 Å². The van der Waals surface area contributed by atoms with Gasteiger partial charge in [-0.1, -0.05) is 13.0 Å². The van der Waals surface area contributed by atoms with Gasteiger partial charge in [-0.15, -0.1) is 0 Å². The number of amides is 2. The second-order valence-electron chi connectivity index (χ2n) is 9.07. The summed E-state index contributed by atoms with van der Waals surface area (Å²) in [7, 11) is 0. The van der Waals surface area contributed by atoms with E-state index >= 15 is 0 Å². The summed E-state index contributed by atoms with van der Waals surface area (Å²) in [5.41, 5.74) is 3.41. The quantitative estimate of drug-likeness (QED) is 0.345. The van der Waals surface area contributed by atoms with Gasteiger partial charge in [-0.25, -0.2) is 0 Å². The number of phenols is 1. The number of ketones is 2. The van der Waals surface area contributed by atoms with Crippen LogP contribution in [0.5, 0.6) is 5.75 Å². The van der Waals surface area contributed by atoms with Gasteiger partial charge in [-0.2, -0.15) is 0 Å². The highest BCUT2D eigenvalue weighted by atomic mass is 16.3. The van der Waals surface area contributed by atoms with Crippen molar-refractivity contribution < 1.29 is 39.6 Å². The third-order valence-electron chi connectivity index (χ3n) is 7.14. The Balaban J connectivity index is 1.91. The summed E-state index contributed by atoms with van der Waals surface area (Å²) < 4.78 is 0. The Hall–Kier alpha value is -3.66. The van der Waals surface area contributed by atoms with E-state index in [2.05, 4.69) is 5.32 Å². The van der Waals surface area contributed by atoms with Crippen LogP contribution in [0.1, 0.15) is 48.9 Å². The van der Waals surface area contributed by atoms with Gasteiger partial charge in [0.05, 0.1) is 5.56 Å². The maximum atomic E-state index is 13.5. The molecule has 3 atom stereocenters. The number of hydrogen-bond donors (Lipinski definition) is 6. The number of aliphatic hydroxyl groups excluding tert-OH is 2. The Bertz CT molecular complexity index is 1230. The molecule has 34 heavy (non-hydrogen) atoms. The molecule has 1 aromatic carbocycles. The third-order valence-corrected chi connectivity index (χ3v) is 7.14. The van der Waals surface area contributed by atoms with Gasteiger partial charge in [0.2, 0.25) is 11.7 Å². The predicted octanol–water partition coefficient (Wildman–Crippen LogP) is 0.622. The summed E-state index contributed by atoms with van der Waals surface area (Å²) in [5, 5.41) is 46.6. The highest BCUT2D eigenvalue weighted by molar-refractivity contribution is 6.22. The molecule has 0 spiro atoms. The van der Waals surface area contributed by atoms with Crippen LogP contribution < -0.4 is 11.1 Å². The summed E-state index contributed by atoms with van der Waals surface area (Å²) in [5.74, 6) is -6.89. The highest BCUT2D eigenvalue weighted by Gasteiger charge is 2.60. The number of nitrogens with one attached hydrogen (secondary N) is 1. The van der Waals surface area contributed by atoms with E-state index in [-0.39, 0.29) is 48.6 Å². The van der Waals surface area contributed by atoms with Gasteiger partial charge in [0.1, 0.15) is 22.8 Å². The molecule has 3 aliphatic rings. The molecule has 3 aliphatic carbocycles. The molecule has 0 unspecified atom stereocenters. The number of aromatic hydroxyl groups is 1. The second kappa shape index (κ2) is 7.98. The molecule has 0 aromatic heterocycles. The lowest BCUT2D eigenvalue weighted by Gasteiger charge is -2.46. The molecule has 4 rings (SSSR count). The zero-order valence-corrected chi connectivity index (χ0v) is 18.8. The Labute approximate surface area is 194 Å². The minimum Gasteiger partial charge on any atom is -0.508 e. The molecular formula is C24H26N2O8. The first kappa shape index (κ1) is 23.5. The monoisotopic (exact) mass is 470 g/mol. The standard InChI is InChI=1S/C24H26N2O8/c1-3-10-4-12(8-26-9(2)27)19(29)17-14(10)6-11-5-13-7-15(28)18(23(25)33)22(32)24(13,34)21(31)16(11)20(17)30/h4,11,13,29-30,32,34H,3,5-8H2,1-2H3,(H2,25,33)(H,26,27)/t11-,13+,24+/m1/s1. The van der Waals surface area contributed by atoms with Crippen molar-refractivity contribution in [1.29, 1.82) is 0 Å². The lowest BCUT2D eigenvalue weighted by atomic mass is 9.59. The lowest BCUT2D eigenvalue weighted by molar-refractivity contribution is -0.147. The summed E-state index contributed by atoms with van der Waals surface area (Å²) in [6.45, 7) is 3.22. The van der Waals surface area contributed by atoms with Crippen LogP contribution in [0.25, 0.3) is 5.76 Å². The average molecular weight is 470 g/mol. The number of nitrogens with two attached hydrogens (primary N) is 1. The van der Waals surface area contributed by atoms with Crippen molar-refractivity contribution in [1.82, 2.24) is 5.32 Å². The molecule has 180 valence electrons. The summed E-state index contributed by atoms with van der Waals surface area (Å²) >= 11 is 0. The Morgan fingerprint density at radius 2 is 1.85 bits per heavy atom. The van der Waals surface area contributed by atoms with Gasteiger partial charge in [0, 0.05) is 36.9 Å².